The Morgan fingerprint density at radius 1 is 1.19 bits per heavy atom. The Bertz CT molecular complexity index is 727. The first-order valence-corrected chi connectivity index (χ1v) is 9.73. The zero-order valence-corrected chi connectivity index (χ0v) is 15.5. The maximum absolute atomic E-state index is 12.3. The van der Waals surface area contributed by atoms with Gasteiger partial charge in [0.1, 0.15) is 0 Å². The van der Waals surface area contributed by atoms with Gasteiger partial charge >= 0.3 is 6.09 Å². The lowest BCUT2D eigenvalue weighted by molar-refractivity contribution is 0.0860. The second-order valence-electron chi connectivity index (χ2n) is 5.75. The lowest BCUT2D eigenvalue weighted by atomic mass is 10.0. The number of sulfonamides is 1. The van der Waals surface area contributed by atoms with Crippen LogP contribution in [0.25, 0.3) is 0 Å². The molecule has 10 heteroatoms. The van der Waals surface area contributed by atoms with E-state index >= 15 is 0 Å². The molecular weight excluding hydrogens is 362 g/mol. The number of carbonyl (C=O) groups excluding carboxylic acids is 2. The summed E-state index contributed by atoms with van der Waals surface area (Å²) in [6.07, 6.45) is 0.933. The number of likely N-dealkylation sites (tertiary alicyclic amines) is 1. The van der Waals surface area contributed by atoms with Crippen molar-refractivity contribution in [3.05, 3.63) is 29.8 Å². The van der Waals surface area contributed by atoms with E-state index in [2.05, 4.69) is 10.2 Å². The van der Waals surface area contributed by atoms with Crippen molar-refractivity contribution in [1.82, 2.24) is 15.1 Å². The first kappa shape index (κ1) is 20.1. The minimum absolute atomic E-state index is 0.00125. The van der Waals surface area contributed by atoms with Crippen molar-refractivity contribution in [3.8, 4) is 0 Å². The lowest BCUT2D eigenvalue weighted by Gasteiger charge is -2.31. The van der Waals surface area contributed by atoms with Gasteiger partial charge in [-0.1, -0.05) is 4.89 Å². The largest absolute Gasteiger partial charge is 0.450 e. The first-order valence-electron chi connectivity index (χ1n) is 8.24. The second-order valence-corrected chi connectivity index (χ2v) is 7.39. The van der Waals surface area contributed by atoms with E-state index in [4.69, 9.17) is 4.74 Å². The Labute approximate surface area is 152 Å². The third-order valence-electron chi connectivity index (χ3n) is 3.98. The molecule has 0 spiro atoms. The van der Waals surface area contributed by atoms with E-state index in [0.29, 0.717) is 38.1 Å². The molecule has 1 saturated heterocycles. The molecule has 26 heavy (non-hydrogen) atoms. The molecule has 0 unspecified atom stereocenters. The predicted molar refractivity (Wildman–Crippen MR) is 92.9 cm³/mol. The van der Waals surface area contributed by atoms with E-state index in [0.717, 1.165) is 0 Å². The Balaban J connectivity index is 1.90. The van der Waals surface area contributed by atoms with Crippen molar-refractivity contribution in [3.63, 3.8) is 0 Å². The highest BCUT2D eigenvalue weighted by molar-refractivity contribution is 7.89. The first-order chi connectivity index (χ1) is 12.4. The van der Waals surface area contributed by atoms with E-state index in [9.17, 15) is 18.0 Å². The van der Waals surface area contributed by atoms with Gasteiger partial charge in [-0.05, 0) is 44.0 Å². The molecule has 1 aliphatic rings. The molecule has 0 atom stereocenters. The predicted octanol–water partition coefficient (Wildman–Crippen LogP) is 0.877. The molecule has 144 valence electrons. The molecule has 1 fully saturated rings. The van der Waals surface area contributed by atoms with Crippen molar-refractivity contribution in [1.29, 1.82) is 0 Å². The van der Waals surface area contributed by atoms with Gasteiger partial charge < -0.3 is 15.0 Å². The average Bonchev–Trinajstić information content (AvgIpc) is 2.62. The number of ether oxygens (including phenoxy) is 1. The zero-order valence-electron chi connectivity index (χ0n) is 14.7. The molecule has 2 amide bonds. The number of benzene rings is 1. The molecule has 1 aliphatic heterocycles. The normalized spacial score (nSPS) is 15.5. The molecule has 1 aromatic carbocycles. The van der Waals surface area contributed by atoms with E-state index < -0.39 is 10.0 Å². The summed E-state index contributed by atoms with van der Waals surface area (Å²) >= 11 is 0. The molecule has 0 aromatic heterocycles. The van der Waals surface area contributed by atoms with Crippen molar-refractivity contribution < 1.29 is 27.6 Å². The van der Waals surface area contributed by atoms with Gasteiger partial charge in [-0.15, -0.1) is 0 Å². The van der Waals surface area contributed by atoms with Crippen LogP contribution in [0.4, 0.5) is 4.79 Å². The fourth-order valence-electron chi connectivity index (χ4n) is 2.63. The minimum atomic E-state index is -3.75. The maximum atomic E-state index is 12.3. The van der Waals surface area contributed by atoms with Gasteiger partial charge in [-0.2, -0.15) is 0 Å². The van der Waals surface area contributed by atoms with E-state index in [1.807, 2.05) is 4.89 Å². The number of hydrogen-bond donors (Lipinski definition) is 2. The smallest absolute Gasteiger partial charge is 0.409 e. The number of piperidine rings is 1. The Morgan fingerprint density at radius 2 is 1.81 bits per heavy atom. The number of carbonyl (C=O) groups is 2. The van der Waals surface area contributed by atoms with Crippen LogP contribution >= 0.6 is 0 Å². The van der Waals surface area contributed by atoms with Crippen molar-refractivity contribution in [2.75, 3.05) is 26.8 Å². The minimum Gasteiger partial charge on any atom is -0.450 e. The van der Waals surface area contributed by atoms with Gasteiger partial charge in [-0.3, -0.25) is 9.63 Å². The molecule has 1 heterocycles. The van der Waals surface area contributed by atoms with Crippen LogP contribution in [0.15, 0.2) is 29.2 Å². The molecule has 0 saturated carbocycles. The summed E-state index contributed by atoms with van der Waals surface area (Å²) in [7, 11) is -2.55. The molecule has 0 radical (unpaired) electrons. The van der Waals surface area contributed by atoms with Gasteiger partial charge in [0, 0.05) is 24.7 Å². The van der Waals surface area contributed by atoms with E-state index in [1.165, 1.54) is 31.4 Å². The fraction of sp³-hybridized carbons (Fsp3) is 0.500. The molecule has 2 N–H and O–H groups in total. The molecule has 2 rings (SSSR count). The van der Waals surface area contributed by atoms with E-state index in [-0.39, 0.29) is 22.9 Å². The van der Waals surface area contributed by atoms with Crippen LogP contribution in [0.1, 0.15) is 30.1 Å². The van der Waals surface area contributed by atoms with Crippen LogP contribution in [-0.4, -0.2) is 58.2 Å². The summed E-state index contributed by atoms with van der Waals surface area (Å²) in [6, 6.07) is 5.49. The molecule has 0 bridgehead atoms. The van der Waals surface area contributed by atoms with Gasteiger partial charge in [0.2, 0.25) is 0 Å². The van der Waals surface area contributed by atoms with Crippen LogP contribution in [0, 0.1) is 0 Å². The SMILES string of the molecule is CCOC(=O)N1CCC(NC(=O)c2ccc(S(=O)(=O)NOC)cc2)CC1. The number of nitrogens with zero attached hydrogens (tertiary/aromatic N) is 1. The number of amides is 2. The maximum Gasteiger partial charge on any atom is 0.409 e. The zero-order chi connectivity index (χ0) is 19.2. The van der Waals surface area contributed by atoms with Crippen molar-refractivity contribution >= 4 is 22.0 Å². The Morgan fingerprint density at radius 3 is 2.35 bits per heavy atom. The summed E-state index contributed by atoms with van der Waals surface area (Å²) in [5, 5.41) is 2.90. The molecule has 1 aromatic rings. The quantitative estimate of drug-likeness (QED) is 0.703. The van der Waals surface area contributed by atoms with Crippen molar-refractivity contribution in [2.24, 2.45) is 0 Å². The van der Waals surface area contributed by atoms with Gasteiger partial charge in [0.15, 0.2) is 0 Å². The fourth-order valence-corrected chi connectivity index (χ4v) is 3.44. The van der Waals surface area contributed by atoms with Crippen LogP contribution in [0.5, 0.6) is 0 Å². The van der Waals surface area contributed by atoms with Gasteiger partial charge in [-0.25, -0.2) is 13.2 Å². The van der Waals surface area contributed by atoms with E-state index in [1.54, 1.807) is 11.8 Å². The number of nitrogens with one attached hydrogen (secondary N) is 2. The van der Waals surface area contributed by atoms with Crippen LogP contribution in [0.3, 0.4) is 0 Å². The Hall–Kier alpha value is -2.17. The summed E-state index contributed by atoms with van der Waals surface area (Å²) in [5.74, 6) is -0.289. The Kier molecular flexibility index (Phi) is 6.95. The summed E-state index contributed by atoms with van der Waals surface area (Å²) < 4.78 is 28.5. The van der Waals surface area contributed by atoms with Crippen LogP contribution in [-0.2, 0) is 19.6 Å². The molecule has 0 aliphatic carbocycles. The monoisotopic (exact) mass is 385 g/mol. The van der Waals surface area contributed by atoms with Gasteiger partial charge in [0.05, 0.1) is 18.6 Å². The highest BCUT2D eigenvalue weighted by Gasteiger charge is 2.25. The summed E-state index contributed by atoms with van der Waals surface area (Å²) in [5.41, 5.74) is 0.356. The second kappa shape index (κ2) is 8.97. The highest BCUT2D eigenvalue weighted by Crippen LogP contribution is 2.14. The van der Waals surface area contributed by atoms with Crippen LogP contribution in [0.2, 0.25) is 0 Å². The van der Waals surface area contributed by atoms with Gasteiger partial charge in [0.25, 0.3) is 15.9 Å². The molecular formula is C16H23N3O6S. The topological polar surface area (TPSA) is 114 Å². The van der Waals surface area contributed by atoms with Crippen molar-refractivity contribution in [2.45, 2.75) is 30.7 Å². The number of hydrogen-bond acceptors (Lipinski definition) is 6. The summed E-state index contributed by atoms with van der Waals surface area (Å²) in [4.78, 5) is 31.9. The average molecular weight is 385 g/mol. The van der Waals surface area contributed by atoms with Crippen LogP contribution < -0.4 is 10.2 Å². The summed E-state index contributed by atoms with van der Waals surface area (Å²) in [6.45, 7) is 3.13. The lowest BCUT2D eigenvalue weighted by Crippen LogP contribution is -2.46. The molecule has 9 nitrogen and oxygen atoms in total. The third kappa shape index (κ3) is 5.16. The number of rotatable bonds is 6. The third-order valence-corrected chi connectivity index (χ3v) is 5.25. The highest BCUT2D eigenvalue weighted by atomic mass is 32.2. The standard InChI is InChI=1S/C16H23N3O6S/c1-3-25-16(21)19-10-8-13(9-11-19)17-15(20)12-4-6-14(7-5-12)26(22,23)18-24-2/h4-7,13,18H,3,8-11H2,1-2H3,(H,17,20).